The Kier molecular flexibility index (Phi) is 10.9. The van der Waals surface area contributed by atoms with Crippen molar-refractivity contribution < 1.29 is 9.47 Å². The van der Waals surface area contributed by atoms with Gasteiger partial charge in [-0.2, -0.15) is 0 Å². The van der Waals surface area contributed by atoms with E-state index >= 15 is 0 Å². The van der Waals surface area contributed by atoms with Crippen molar-refractivity contribution in [3.8, 4) is 0 Å². The largest absolute Gasteiger partial charge is 0.385 e. The standard InChI is InChI=1S/C14H31NO2/c1-6-10-15-14(8-7-13(3)17-5)12(2)9-11-16-4/h12-15H,6-11H2,1-5H3. The smallest absolute Gasteiger partial charge is 0.0543 e. The van der Waals surface area contributed by atoms with Crippen LogP contribution in [0.3, 0.4) is 0 Å². The zero-order chi connectivity index (χ0) is 13.1. The first-order valence-electron chi connectivity index (χ1n) is 6.90. The molecule has 3 unspecified atom stereocenters. The van der Waals surface area contributed by atoms with Crippen LogP contribution in [-0.4, -0.2) is 39.5 Å². The third-order valence-corrected chi connectivity index (χ3v) is 3.41. The predicted octanol–water partition coefficient (Wildman–Crippen LogP) is 2.84. The fourth-order valence-corrected chi connectivity index (χ4v) is 1.95. The fourth-order valence-electron chi connectivity index (χ4n) is 1.95. The first-order valence-corrected chi connectivity index (χ1v) is 6.90. The highest BCUT2D eigenvalue weighted by molar-refractivity contribution is 4.74. The molecule has 0 aliphatic heterocycles. The van der Waals surface area contributed by atoms with Gasteiger partial charge in [-0.15, -0.1) is 0 Å². The lowest BCUT2D eigenvalue weighted by molar-refractivity contribution is 0.101. The van der Waals surface area contributed by atoms with Crippen molar-refractivity contribution in [2.75, 3.05) is 27.4 Å². The summed E-state index contributed by atoms with van der Waals surface area (Å²) < 4.78 is 10.5. The molecule has 0 aliphatic rings. The molecule has 0 fully saturated rings. The lowest BCUT2D eigenvalue weighted by atomic mass is 9.93. The number of hydrogen-bond acceptors (Lipinski definition) is 3. The average Bonchev–Trinajstić information content (AvgIpc) is 2.35. The Morgan fingerprint density at radius 1 is 1.06 bits per heavy atom. The molecule has 17 heavy (non-hydrogen) atoms. The molecule has 0 aliphatic carbocycles. The summed E-state index contributed by atoms with van der Waals surface area (Å²) in [4.78, 5) is 0. The maximum absolute atomic E-state index is 5.31. The number of ether oxygens (including phenoxy) is 2. The summed E-state index contributed by atoms with van der Waals surface area (Å²) in [6.07, 6.45) is 4.97. The second kappa shape index (κ2) is 11.0. The monoisotopic (exact) mass is 245 g/mol. The molecule has 0 spiro atoms. The predicted molar refractivity (Wildman–Crippen MR) is 73.4 cm³/mol. The molecule has 0 heterocycles. The third-order valence-electron chi connectivity index (χ3n) is 3.41. The molecule has 0 amide bonds. The molecule has 104 valence electrons. The van der Waals surface area contributed by atoms with E-state index in [-0.39, 0.29) is 0 Å². The van der Waals surface area contributed by atoms with Gasteiger partial charge in [-0.05, 0) is 45.1 Å². The van der Waals surface area contributed by atoms with Gasteiger partial charge in [0.25, 0.3) is 0 Å². The van der Waals surface area contributed by atoms with Gasteiger partial charge in [-0.25, -0.2) is 0 Å². The fraction of sp³-hybridized carbons (Fsp3) is 1.00. The Bertz CT molecular complexity index is 164. The van der Waals surface area contributed by atoms with E-state index in [4.69, 9.17) is 9.47 Å². The molecule has 0 rings (SSSR count). The van der Waals surface area contributed by atoms with Crippen molar-refractivity contribution in [1.29, 1.82) is 0 Å². The van der Waals surface area contributed by atoms with Gasteiger partial charge in [-0.3, -0.25) is 0 Å². The van der Waals surface area contributed by atoms with Crippen LogP contribution in [0.25, 0.3) is 0 Å². The number of hydrogen-bond donors (Lipinski definition) is 1. The molecule has 0 aromatic carbocycles. The van der Waals surface area contributed by atoms with Crippen LogP contribution in [0, 0.1) is 5.92 Å². The first kappa shape index (κ1) is 16.9. The lowest BCUT2D eigenvalue weighted by Crippen LogP contribution is -2.36. The molecule has 3 nitrogen and oxygen atoms in total. The van der Waals surface area contributed by atoms with E-state index in [2.05, 4.69) is 26.1 Å². The Morgan fingerprint density at radius 3 is 2.29 bits per heavy atom. The summed E-state index contributed by atoms with van der Waals surface area (Å²) in [5.41, 5.74) is 0. The minimum Gasteiger partial charge on any atom is -0.385 e. The summed E-state index contributed by atoms with van der Waals surface area (Å²) in [6, 6.07) is 0.586. The number of nitrogens with one attached hydrogen (secondary N) is 1. The maximum Gasteiger partial charge on any atom is 0.0543 e. The van der Waals surface area contributed by atoms with E-state index in [0.29, 0.717) is 18.1 Å². The van der Waals surface area contributed by atoms with Crippen LogP contribution in [-0.2, 0) is 9.47 Å². The van der Waals surface area contributed by atoms with Crippen LogP contribution in [0.15, 0.2) is 0 Å². The third kappa shape index (κ3) is 8.58. The molecule has 3 heteroatoms. The molecule has 1 N–H and O–H groups in total. The summed E-state index contributed by atoms with van der Waals surface area (Å²) in [6.45, 7) is 8.61. The minimum absolute atomic E-state index is 0.357. The van der Waals surface area contributed by atoms with Crippen LogP contribution in [0.2, 0.25) is 0 Å². The Labute approximate surface area is 107 Å². The van der Waals surface area contributed by atoms with E-state index in [1.165, 1.54) is 12.8 Å². The molecule has 0 bridgehead atoms. The van der Waals surface area contributed by atoms with Crippen LogP contribution in [0.4, 0.5) is 0 Å². The van der Waals surface area contributed by atoms with Gasteiger partial charge >= 0.3 is 0 Å². The number of rotatable bonds is 11. The second-order valence-electron chi connectivity index (χ2n) is 4.94. The van der Waals surface area contributed by atoms with Crippen molar-refractivity contribution >= 4 is 0 Å². The minimum atomic E-state index is 0.357. The Morgan fingerprint density at radius 2 is 1.76 bits per heavy atom. The average molecular weight is 245 g/mol. The lowest BCUT2D eigenvalue weighted by Gasteiger charge is -2.26. The summed E-state index contributed by atoms with van der Waals surface area (Å²) in [5, 5.41) is 3.65. The van der Waals surface area contributed by atoms with Crippen molar-refractivity contribution in [1.82, 2.24) is 5.32 Å². The topological polar surface area (TPSA) is 30.5 Å². The van der Waals surface area contributed by atoms with Gasteiger partial charge < -0.3 is 14.8 Å². The molecule has 0 radical (unpaired) electrons. The highest BCUT2D eigenvalue weighted by atomic mass is 16.5. The van der Waals surface area contributed by atoms with E-state index in [1.807, 2.05) is 0 Å². The van der Waals surface area contributed by atoms with E-state index in [1.54, 1.807) is 14.2 Å². The maximum atomic E-state index is 5.31. The normalized spacial score (nSPS) is 16.8. The highest BCUT2D eigenvalue weighted by Gasteiger charge is 2.17. The van der Waals surface area contributed by atoms with Crippen molar-refractivity contribution in [3.05, 3.63) is 0 Å². The van der Waals surface area contributed by atoms with E-state index in [0.717, 1.165) is 26.0 Å². The first-order chi connectivity index (χ1) is 8.15. The van der Waals surface area contributed by atoms with Gasteiger partial charge in [0.2, 0.25) is 0 Å². The van der Waals surface area contributed by atoms with E-state index < -0.39 is 0 Å². The molecular formula is C14H31NO2. The van der Waals surface area contributed by atoms with Crippen molar-refractivity contribution in [3.63, 3.8) is 0 Å². The zero-order valence-electron chi connectivity index (χ0n) is 12.3. The van der Waals surface area contributed by atoms with Gasteiger partial charge in [0.1, 0.15) is 0 Å². The van der Waals surface area contributed by atoms with Crippen LogP contribution >= 0.6 is 0 Å². The molecule has 0 aromatic rings. The number of methoxy groups -OCH3 is 2. The van der Waals surface area contributed by atoms with Gasteiger partial charge in [0, 0.05) is 26.9 Å². The van der Waals surface area contributed by atoms with Crippen molar-refractivity contribution in [2.24, 2.45) is 5.92 Å². The van der Waals surface area contributed by atoms with Crippen LogP contribution < -0.4 is 5.32 Å². The quantitative estimate of drug-likeness (QED) is 0.607. The molecular weight excluding hydrogens is 214 g/mol. The zero-order valence-corrected chi connectivity index (χ0v) is 12.3. The van der Waals surface area contributed by atoms with Crippen LogP contribution in [0.1, 0.15) is 46.5 Å². The SMILES string of the molecule is CCCNC(CCC(C)OC)C(C)CCOC. The van der Waals surface area contributed by atoms with Gasteiger partial charge in [-0.1, -0.05) is 13.8 Å². The van der Waals surface area contributed by atoms with E-state index in [9.17, 15) is 0 Å². The molecule has 0 aromatic heterocycles. The Hall–Kier alpha value is -0.120. The summed E-state index contributed by atoms with van der Waals surface area (Å²) in [7, 11) is 3.56. The summed E-state index contributed by atoms with van der Waals surface area (Å²) in [5.74, 6) is 0.658. The molecule has 3 atom stereocenters. The highest BCUT2D eigenvalue weighted by Crippen LogP contribution is 2.15. The van der Waals surface area contributed by atoms with Gasteiger partial charge in [0.05, 0.1) is 6.10 Å². The molecule has 0 saturated carbocycles. The van der Waals surface area contributed by atoms with Crippen LogP contribution in [0.5, 0.6) is 0 Å². The molecule has 0 saturated heterocycles. The second-order valence-corrected chi connectivity index (χ2v) is 4.94. The van der Waals surface area contributed by atoms with Crippen molar-refractivity contribution in [2.45, 2.75) is 58.6 Å². The Balaban J connectivity index is 4.01. The summed E-state index contributed by atoms with van der Waals surface area (Å²) >= 11 is 0. The van der Waals surface area contributed by atoms with Gasteiger partial charge in [0.15, 0.2) is 0 Å².